The smallest absolute Gasteiger partial charge is 0.135 e. The molecule has 0 saturated heterocycles. The van der Waals surface area contributed by atoms with Crippen molar-refractivity contribution in [3.05, 3.63) is 53.9 Å². The molecule has 0 aliphatic heterocycles. The van der Waals surface area contributed by atoms with E-state index in [4.69, 9.17) is 5.26 Å². The van der Waals surface area contributed by atoms with Gasteiger partial charge in [-0.2, -0.15) is 5.26 Å². The highest BCUT2D eigenvalue weighted by molar-refractivity contribution is 5.82. The van der Waals surface area contributed by atoms with Crippen LogP contribution in [0.1, 0.15) is 24.4 Å². The van der Waals surface area contributed by atoms with Gasteiger partial charge in [-0.3, -0.25) is 0 Å². The second-order valence-corrected chi connectivity index (χ2v) is 4.72. The van der Waals surface area contributed by atoms with Gasteiger partial charge in [0, 0.05) is 0 Å². The van der Waals surface area contributed by atoms with E-state index in [0.29, 0.717) is 11.4 Å². The molecular formula is C16H13N3O. The SMILES string of the molecule is CC(O)c1nc2ccc(-c3cccc(C#N)c3)cc2[nH]1. The van der Waals surface area contributed by atoms with Gasteiger partial charge in [-0.15, -0.1) is 0 Å². The zero-order chi connectivity index (χ0) is 14.1. The second-order valence-electron chi connectivity index (χ2n) is 4.72. The van der Waals surface area contributed by atoms with E-state index in [0.717, 1.165) is 22.2 Å². The van der Waals surface area contributed by atoms with Gasteiger partial charge in [-0.25, -0.2) is 4.98 Å². The summed E-state index contributed by atoms with van der Waals surface area (Å²) in [5.74, 6) is 0.558. The third-order valence-corrected chi connectivity index (χ3v) is 3.22. The molecule has 0 bridgehead atoms. The number of hydrogen-bond donors (Lipinski definition) is 2. The van der Waals surface area contributed by atoms with Gasteiger partial charge in [0.05, 0.1) is 22.7 Å². The molecule has 20 heavy (non-hydrogen) atoms. The van der Waals surface area contributed by atoms with Crippen molar-refractivity contribution in [2.45, 2.75) is 13.0 Å². The lowest BCUT2D eigenvalue weighted by Crippen LogP contribution is -1.92. The standard InChI is InChI=1S/C16H13N3O/c1-10(20)16-18-14-6-5-13(8-15(14)19-16)12-4-2-3-11(7-12)9-17/h2-8,10,20H,1H3,(H,18,19). The maximum Gasteiger partial charge on any atom is 0.135 e. The first kappa shape index (κ1) is 12.4. The van der Waals surface area contributed by atoms with Crippen LogP contribution in [-0.2, 0) is 0 Å². The number of nitriles is 1. The van der Waals surface area contributed by atoms with E-state index >= 15 is 0 Å². The van der Waals surface area contributed by atoms with E-state index in [1.165, 1.54) is 0 Å². The summed E-state index contributed by atoms with van der Waals surface area (Å²) >= 11 is 0. The van der Waals surface area contributed by atoms with Crippen LogP contribution in [0.25, 0.3) is 22.2 Å². The number of fused-ring (bicyclic) bond motifs is 1. The molecule has 0 saturated carbocycles. The fraction of sp³-hybridized carbons (Fsp3) is 0.125. The monoisotopic (exact) mass is 263 g/mol. The van der Waals surface area contributed by atoms with Crippen molar-refractivity contribution in [1.82, 2.24) is 9.97 Å². The van der Waals surface area contributed by atoms with Crippen molar-refractivity contribution in [3.8, 4) is 17.2 Å². The van der Waals surface area contributed by atoms with E-state index in [1.54, 1.807) is 13.0 Å². The molecule has 1 aromatic heterocycles. The van der Waals surface area contributed by atoms with Gasteiger partial charge in [-0.1, -0.05) is 18.2 Å². The van der Waals surface area contributed by atoms with Crippen LogP contribution in [0.3, 0.4) is 0 Å². The summed E-state index contributed by atoms with van der Waals surface area (Å²) in [6, 6.07) is 15.5. The zero-order valence-electron chi connectivity index (χ0n) is 11.0. The largest absolute Gasteiger partial charge is 0.385 e. The molecule has 0 amide bonds. The number of aliphatic hydroxyl groups excluding tert-OH is 1. The van der Waals surface area contributed by atoms with Gasteiger partial charge in [0.15, 0.2) is 0 Å². The van der Waals surface area contributed by atoms with E-state index in [2.05, 4.69) is 16.0 Å². The van der Waals surface area contributed by atoms with Gasteiger partial charge < -0.3 is 10.1 Å². The van der Waals surface area contributed by atoms with Crippen LogP contribution in [0.5, 0.6) is 0 Å². The van der Waals surface area contributed by atoms with Crippen molar-refractivity contribution in [2.75, 3.05) is 0 Å². The van der Waals surface area contributed by atoms with Crippen LogP contribution >= 0.6 is 0 Å². The van der Waals surface area contributed by atoms with Gasteiger partial charge in [0.2, 0.25) is 0 Å². The van der Waals surface area contributed by atoms with Crippen LogP contribution < -0.4 is 0 Å². The summed E-state index contributed by atoms with van der Waals surface area (Å²) in [7, 11) is 0. The highest BCUT2D eigenvalue weighted by Crippen LogP contribution is 2.25. The molecule has 0 aliphatic carbocycles. The Morgan fingerprint density at radius 3 is 2.75 bits per heavy atom. The Morgan fingerprint density at radius 1 is 1.20 bits per heavy atom. The van der Waals surface area contributed by atoms with Crippen LogP contribution in [0.4, 0.5) is 0 Å². The average Bonchev–Trinajstić information content (AvgIpc) is 2.90. The van der Waals surface area contributed by atoms with Gasteiger partial charge in [0.1, 0.15) is 11.9 Å². The number of nitrogens with zero attached hydrogens (tertiary/aromatic N) is 2. The van der Waals surface area contributed by atoms with Crippen molar-refractivity contribution in [2.24, 2.45) is 0 Å². The minimum atomic E-state index is -0.618. The molecule has 1 heterocycles. The number of rotatable bonds is 2. The van der Waals surface area contributed by atoms with Crippen LogP contribution in [0.2, 0.25) is 0 Å². The molecule has 4 heteroatoms. The minimum absolute atomic E-state index is 0.558. The fourth-order valence-corrected chi connectivity index (χ4v) is 2.18. The van der Waals surface area contributed by atoms with E-state index in [-0.39, 0.29) is 0 Å². The predicted molar refractivity (Wildman–Crippen MR) is 76.9 cm³/mol. The molecule has 2 aromatic carbocycles. The number of imidazole rings is 1. The molecular weight excluding hydrogens is 250 g/mol. The molecule has 4 nitrogen and oxygen atoms in total. The third-order valence-electron chi connectivity index (χ3n) is 3.22. The molecule has 2 N–H and O–H groups in total. The topological polar surface area (TPSA) is 72.7 Å². The molecule has 98 valence electrons. The molecule has 1 atom stereocenters. The molecule has 3 rings (SSSR count). The van der Waals surface area contributed by atoms with E-state index in [1.807, 2.05) is 36.4 Å². The Labute approximate surface area is 116 Å². The Bertz CT molecular complexity index is 812. The summed E-state index contributed by atoms with van der Waals surface area (Å²) in [5.41, 5.74) is 4.33. The molecule has 0 radical (unpaired) electrons. The highest BCUT2D eigenvalue weighted by Gasteiger charge is 2.08. The minimum Gasteiger partial charge on any atom is -0.385 e. The lowest BCUT2D eigenvalue weighted by atomic mass is 10.0. The van der Waals surface area contributed by atoms with Crippen LogP contribution in [0, 0.1) is 11.3 Å². The second kappa shape index (κ2) is 4.80. The maximum atomic E-state index is 9.55. The molecule has 0 fully saturated rings. The Balaban J connectivity index is 2.10. The molecule has 1 unspecified atom stereocenters. The lowest BCUT2D eigenvalue weighted by Gasteiger charge is -2.01. The lowest BCUT2D eigenvalue weighted by molar-refractivity contribution is 0.190. The van der Waals surface area contributed by atoms with Gasteiger partial charge in [0.25, 0.3) is 0 Å². The van der Waals surface area contributed by atoms with Crippen molar-refractivity contribution in [3.63, 3.8) is 0 Å². The van der Waals surface area contributed by atoms with E-state index in [9.17, 15) is 5.11 Å². The fourth-order valence-electron chi connectivity index (χ4n) is 2.18. The van der Waals surface area contributed by atoms with Crippen LogP contribution in [0.15, 0.2) is 42.5 Å². The van der Waals surface area contributed by atoms with Gasteiger partial charge >= 0.3 is 0 Å². The predicted octanol–water partition coefficient (Wildman–Crippen LogP) is 3.15. The molecule has 3 aromatic rings. The molecule has 0 aliphatic rings. The maximum absolute atomic E-state index is 9.55. The van der Waals surface area contributed by atoms with Crippen LogP contribution in [-0.4, -0.2) is 15.1 Å². The summed E-state index contributed by atoms with van der Waals surface area (Å²) in [6.07, 6.45) is -0.618. The number of benzene rings is 2. The normalized spacial score (nSPS) is 12.2. The summed E-state index contributed by atoms with van der Waals surface area (Å²) in [6.45, 7) is 1.68. The highest BCUT2D eigenvalue weighted by atomic mass is 16.3. The Morgan fingerprint density at radius 2 is 2.00 bits per heavy atom. The first-order valence-electron chi connectivity index (χ1n) is 6.35. The summed E-state index contributed by atoms with van der Waals surface area (Å²) < 4.78 is 0. The average molecular weight is 263 g/mol. The zero-order valence-corrected chi connectivity index (χ0v) is 11.0. The quantitative estimate of drug-likeness (QED) is 0.746. The number of aliphatic hydroxyl groups is 1. The number of aromatic nitrogens is 2. The number of nitrogens with one attached hydrogen (secondary N) is 1. The first-order chi connectivity index (χ1) is 9.67. The van der Waals surface area contributed by atoms with Crippen molar-refractivity contribution in [1.29, 1.82) is 5.26 Å². The molecule has 0 spiro atoms. The third kappa shape index (κ3) is 2.15. The van der Waals surface area contributed by atoms with Gasteiger partial charge in [-0.05, 0) is 42.3 Å². The van der Waals surface area contributed by atoms with E-state index < -0.39 is 6.10 Å². The number of hydrogen-bond acceptors (Lipinski definition) is 3. The first-order valence-corrected chi connectivity index (χ1v) is 6.35. The Hall–Kier alpha value is -2.64. The number of H-pyrrole nitrogens is 1. The number of aromatic amines is 1. The Kier molecular flexibility index (Phi) is 2.97. The van der Waals surface area contributed by atoms with Crippen molar-refractivity contribution >= 4 is 11.0 Å². The summed E-state index contributed by atoms with van der Waals surface area (Å²) in [5, 5.41) is 18.5. The van der Waals surface area contributed by atoms with Crippen molar-refractivity contribution < 1.29 is 5.11 Å². The summed E-state index contributed by atoms with van der Waals surface area (Å²) in [4.78, 5) is 7.43.